The molecule has 1 aliphatic carbocycles. The summed E-state index contributed by atoms with van der Waals surface area (Å²) in [6.07, 6.45) is 7.90. The molecule has 0 N–H and O–H groups in total. The van der Waals surface area contributed by atoms with E-state index in [1.165, 1.54) is 42.7 Å². The van der Waals surface area contributed by atoms with Gasteiger partial charge in [0.25, 0.3) is 0 Å². The zero-order valence-corrected chi connectivity index (χ0v) is 29.4. The molecule has 0 saturated heterocycles. The van der Waals surface area contributed by atoms with Crippen molar-refractivity contribution in [1.29, 1.82) is 0 Å². The van der Waals surface area contributed by atoms with Gasteiger partial charge in [0.05, 0.1) is 0 Å². The molecular formula is C26H46O12P4. The minimum Gasteiger partial charge on any atom is -0.423 e. The van der Waals surface area contributed by atoms with E-state index >= 15 is 0 Å². The van der Waals surface area contributed by atoms with Crippen LogP contribution in [0.5, 0.6) is 11.5 Å². The van der Waals surface area contributed by atoms with Gasteiger partial charge < -0.3 is 36.2 Å². The summed E-state index contributed by atoms with van der Waals surface area (Å²) in [6, 6.07) is 3.50. The second-order valence-corrected chi connectivity index (χ2v) is 19.7. The van der Waals surface area contributed by atoms with Crippen LogP contribution in [0.25, 0.3) is 0 Å². The normalized spacial score (nSPS) is 19.0. The van der Waals surface area contributed by atoms with E-state index in [-0.39, 0.29) is 17.4 Å². The molecule has 0 saturated carbocycles. The highest BCUT2D eigenvalue weighted by atomic mass is 31.2. The van der Waals surface area contributed by atoms with E-state index in [1.807, 2.05) is 6.92 Å². The summed E-state index contributed by atoms with van der Waals surface area (Å²) in [5, 5.41) is 0. The van der Waals surface area contributed by atoms with E-state index in [1.54, 1.807) is 12.1 Å². The molecular weight excluding hydrogens is 628 g/mol. The molecule has 3 unspecified atom stereocenters. The van der Waals surface area contributed by atoms with Crippen molar-refractivity contribution in [2.75, 3.05) is 54.5 Å². The molecule has 42 heavy (non-hydrogen) atoms. The molecule has 0 fully saturated rings. The van der Waals surface area contributed by atoms with E-state index in [0.29, 0.717) is 18.4 Å². The Morgan fingerprint density at radius 3 is 1.55 bits per heavy atom. The third-order valence-electron chi connectivity index (χ3n) is 7.01. The van der Waals surface area contributed by atoms with Gasteiger partial charge in [-0.15, -0.1) is 0 Å². The topological polar surface area (TPSA) is 142 Å². The summed E-state index contributed by atoms with van der Waals surface area (Å²) in [4.78, 5) is 0. The summed E-state index contributed by atoms with van der Waals surface area (Å²) in [5.74, 6) is -1.25. The molecule has 0 aliphatic heterocycles. The highest BCUT2D eigenvalue weighted by Crippen LogP contribution is 2.65. The maximum atomic E-state index is 13.9. The van der Waals surface area contributed by atoms with Crippen LogP contribution in [0, 0.1) is 0 Å². The summed E-state index contributed by atoms with van der Waals surface area (Å²) in [6.45, 7) is 4.09. The van der Waals surface area contributed by atoms with Gasteiger partial charge in [-0.25, -0.2) is 9.13 Å². The minimum atomic E-state index is -4.12. The van der Waals surface area contributed by atoms with Gasteiger partial charge in [-0.3, -0.25) is 9.13 Å². The molecule has 2 rings (SSSR count). The molecule has 0 bridgehead atoms. The van der Waals surface area contributed by atoms with Crippen LogP contribution < -0.4 is 9.05 Å². The molecule has 16 heteroatoms. The molecule has 0 amide bonds. The lowest BCUT2D eigenvalue weighted by molar-refractivity contribution is 0.272. The van der Waals surface area contributed by atoms with Crippen LogP contribution >= 0.6 is 30.4 Å². The third kappa shape index (κ3) is 10.4. The first-order valence-corrected chi connectivity index (χ1v) is 20.6. The van der Waals surface area contributed by atoms with Crippen molar-refractivity contribution in [2.24, 2.45) is 0 Å². The van der Waals surface area contributed by atoms with Gasteiger partial charge in [0, 0.05) is 54.1 Å². The number of unbranched alkanes of at least 4 members (excludes halogenated alkanes) is 2. The fourth-order valence-electron chi connectivity index (χ4n) is 4.59. The molecule has 0 spiro atoms. The van der Waals surface area contributed by atoms with Crippen LogP contribution in [0.4, 0.5) is 0 Å². The molecule has 0 radical (unpaired) electrons. The van der Waals surface area contributed by atoms with Crippen LogP contribution in [0.15, 0.2) is 23.8 Å². The molecule has 0 aromatic heterocycles. The first-order valence-electron chi connectivity index (χ1n) is 13.7. The van der Waals surface area contributed by atoms with Crippen LogP contribution in [0.1, 0.15) is 69.4 Å². The Bertz CT molecular complexity index is 1170. The van der Waals surface area contributed by atoms with Crippen molar-refractivity contribution >= 4 is 30.4 Å². The lowest BCUT2D eigenvalue weighted by Gasteiger charge is -2.29. The maximum Gasteiger partial charge on any atom is 0.391 e. The number of allylic oxidation sites excluding steroid dienone is 2. The second kappa shape index (κ2) is 16.5. The van der Waals surface area contributed by atoms with E-state index in [9.17, 15) is 18.3 Å². The highest BCUT2D eigenvalue weighted by molar-refractivity contribution is 7.72. The number of hydrogen-bond donors (Lipinski definition) is 0. The smallest absolute Gasteiger partial charge is 0.391 e. The zero-order valence-electron chi connectivity index (χ0n) is 25.9. The summed E-state index contributed by atoms with van der Waals surface area (Å²) in [5.41, 5.74) is 2.34. The number of rotatable bonds is 19. The Labute approximate surface area is 250 Å². The van der Waals surface area contributed by atoms with Crippen molar-refractivity contribution in [1.82, 2.24) is 0 Å². The highest BCUT2D eigenvalue weighted by Gasteiger charge is 2.41. The Morgan fingerprint density at radius 2 is 1.17 bits per heavy atom. The van der Waals surface area contributed by atoms with E-state index in [2.05, 4.69) is 13.0 Å². The average Bonchev–Trinajstić information content (AvgIpc) is 2.97. The molecule has 1 aromatic carbocycles. The predicted molar refractivity (Wildman–Crippen MR) is 163 cm³/mol. The average molecular weight is 675 g/mol. The van der Waals surface area contributed by atoms with Crippen molar-refractivity contribution in [3.8, 4) is 11.5 Å². The standard InChI is InChI=1S/C26H46O12P4/c1-9-10-11-14-22-17-24(37-41(29,35-7)19-39(27,31-3)32-4)26(23-15-12-13-21(2)16-23)25(18-22)38-42(30,36-8)20-40(28,33-5)34-6/h16-18,23H,9-15,19-20H2,1-8H3. The largest absolute Gasteiger partial charge is 0.423 e. The van der Waals surface area contributed by atoms with Crippen LogP contribution in [-0.4, -0.2) is 54.5 Å². The SMILES string of the molecule is CCCCCc1cc(OP(=O)(CP(=O)(OC)OC)OC)c(C2C=C(C)CCC2)c(OP(=O)(CP(=O)(OC)OC)OC)c1. The van der Waals surface area contributed by atoms with E-state index in [4.69, 9.17) is 36.2 Å². The lowest BCUT2D eigenvalue weighted by atomic mass is 9.84. The van der Waals surface area contributed by atoms with Crippen molar-refractivity contribution < 1.29 is 54.5 Å². The van der Waals surface area contributed by atoms with Gasteiger partial charge in [-0.2, -0.15) is 0 Å². The minimum absolute atomic E-state index is 0.156. The van der Waals surface area contributed by atoms with Gasteiger partial charge in [0.2, 0.25) is 0 Å². The summed E-state index contributed by atoms with van der Waals surface area (Å²) in [7, 11) is -8.72. The first kappa shape index (κ1) is 37.4. The number of hydrogen-bond acceptors (Lipinski definition) is 12. The zero-order chi connectivity index (χ0) is 31.6. The maximum absolute atomic E-state index is 13.9. The Hall–Kier alpha value is -0.760. The van der Waals surface area contributed by atoms with E-state index < -0.39 is 42.2 Å². The fraction of sp³-hybridized carbons (Fsp3) is 0.692. The number of benzene rings is 1. The third-order valence-corrected chi connectivity index (χ3v) is 16.8. The predicted octanol–water partition coefficient (Wildman–Crippen LogP) is 8.96. The Morgan fingerprint density at radius 1 is 0.714 bits per heavy atom. The first-order chi connectivity index (χ1) is 19.8. The van der Waals surface area contributed by atoms with Crippen LogP contribution in [0.3, 0.4) is 0 Å². The van der Waals surface area contributed by atoms with Gasteiger partial charge >= 0.3 is 30.4 Å². The van der Waals surface area contributed by atoms with Gasteiger partial charge in [0.1, 0.15) is 11.5 Å². The summed E-state index contributed by atoms with van der Waals surface area (Å²) >= 11 is 0. The van der Waals surface area contributed by atoms with Gasteiger partial charge in [-0.1, -0.05) is 31.4 Å². The van der Waals surface area contributed by atoms with Crippen LogP contribution in [0.2, 0.25) is 0 Å². The molecule has 0 heterocycles. The molecule has 12 nitrogen and oxygen atoms in total. The summed E-state index contributed by atoms with van der Waals surface area (Å²) < 4.78 is 96.5. The van der Waals surface area contributed by atoms with Gasteiger partial charge in [-0.05, 0) is 56.7 Å². The lowest BCUT2D eigenvalue weighted by Crippen LogP contribution is -2.11. The Balaban J connectivity index is 2.79. The Kier molecular flexibility index (Phi) is 14.7. The van der Waals surface area contributed by atoms with Crippen molar-refractivity contribution in [3.63, 3.8) is 0 Å². The monoisotopic (exact) mass is 674 g/mol. The van der Waals surface area contributed by atoms with Crippen molar-refractivity contribution in [3.05, 3.63) is 34.9 Å². The van der Waals surface area contributed by atoms with E-state index in [0.717, 1.165) is 43.2 Å². The molecule has 3 atom stereocenters. The van der Waals surface area contributed by atoms with Crippen molar-refractivity contribution in [2.45, 2.75) is 64.7 Å². The van der Waals surface area contributed by atoms with Gasteiger partial charge in [0.15, 0.2) is 11.8 Å². The molecule has 1 aliphatic rings. The quantitative estimate of drug-likeness (QED) is 0.0785. The molecule has 242 valence electrons. The number of aryl methyl sites for hydroxylation is 1. The molecule has 1 aromatic rings. The second-order valence-electron chi connectivity index (χ2n) is 9.98. The van der Waals surface area contributed by atoms with Crippen LogP contribution in [-0.2, 0) is 51.8 Å². The fourth-order valence-corrected chi connectivity index (χ4v) is 12.6.